The van der Waals surface area contributed by atoms with Crippen molar-refractivity contribution in [3.63, 3.8) is 0 Å². The fourth-order valence-electron chi connectivity index (χ4n) is 3.20. The third-order valence-corrected chi connectivity index (χ3v) is 7.75. The molecule has 5 nitrogen and oxygen atoms in total. The predicted molar refractivity (Wildman–Crippen MR) is 119 cm³/mol. The number of carbonyl (C=O) groups is 1. The van der Waals surface area contributed by atoms with Crippen LogP contribution in [-0.4, -0.2) is 18.9 Å². The van der Waals surface area contributed by atoms with Crippen LogP contribution in [-0.2, 0) is 28.4 Å². The number of fused-ring (bicyclic) bond motifs is 1. The molecule has 0 saturated carbocycles. The molecule has 0 aliphatic heterocycles. The molecule has 1 heterocycles. The Balaban J connectivity index is 1.81. The summed E-state index contributed by atoms with van der Waals surface area (Å²) >= 11 is 0. The van der Waals surface area contributed by atoms with Gasteiger partial charge in [0.1, 0.15) is 5.58 Å². The van der Waals surface area contributed by atoms with Gasteiger partial charge in [0.15, 0.2) is 15.6 Å². The van der Waals surface area contributed by atoms with Crippen LogP contribution in [0.5, 0.6) is 0 Å². The summed E-state index contributed by atoms with van der Waals surface area (Å²) in [5, 5.41) is 0.791. The number of aryl methyl sites for hydroxylation is 1. The van der Waals surface area contributed by atoms with E-state index in [9.17, 15) is 18.0 Å². The second-order valence-corrected chi connectivity index (χ2v) is 11.2. The maximum atomic E-state index is 12.8. The minimum absolute atomic E-state index is 0.0549. The lowest BCUT2D eigenvalue weighted by molar-refractivity contribution is 0.0993. The molecule has 0 fully saturated rings. The van der Waals surface area contributed by atoms with Crippen LogP contribution in [0.2, 0.25) is 0 Å². The molecule has 0 atom stereocenters. The molecular formula is C24H26O5S. The van der Waals surface area contributed by atoms with Crippen LogP contribution in [0.3, 0.4) is 0 Å². The van der Waals surface area contributed by atoms with Gasteiger partial charge in [-0.05, 0) is 56.0 Å². The van der Waals surface area contributed by atoms with Gasteiger partial charge in [0.05, 0.1) is 10.5 Å². The lowest BCUT2D eigenvalue weighted by Gasteiger charge is -2.19. The molecule has 3 aromatic rings. The third kappa shape index (κ3) is 4.70. The van der Waals surface area contributed by atoms with E-state index in [0.717, 1.165) is 16.5 Å². The van der Waals surface area contributed by atoms with Gasteiger partial charge in [-0.15, -0.1) is 0 Å². The minimum atomic E-state index is -3.28. The molecule has 0 radical (unpaired) electrons. The molecular weight excluding hydrogens is 400 g/mol. The maximum absolute atomic E-state index is 12.8. The van der Waals surface area contributed by atoms with E-state index >= 15 is 0 Å². The molecule has 30 heavy (non-hydrogen) atoms. The molecule has 158 valence electrons. The van der Waals surface area contributed by atoms with Crippen molar-refractivity contribution >= 4 is 26.6 Å². The standard InChI is InChI=1S/C24H26O5S/c1-5-18-12-17(13-20-10-11-22(26)29-23(18)20)14-21(25)19-8-6-16(7-9-19)15-30(27,28)24(2,3)4/h6-13H,5,14-15H2,1-4H3. The Kier molecular flexibility index (Phi) is 5.99. The molecule has 0 aliphatic rings. The van der Waals surface area contributed by atoms with Crippen LogP contribution in [0.15, 0.2) is 57.7 Å². The quantitative estimate of drug-likeness (QED) is 0.428. The molecule has 0 bridgehead atoms. The SMILES string of the molecule is CCc1cc(CC(=O)c2ccc(CS(=O)(=O)C(C)(C)C)cc2)cc2ccc(=O)oc12. The number of hydrogen-bond acceptors (Lipinski definition) is 5. The Morgan fingerprint density at radius 1 is 0.967 bits per heavy atom. The first-order valence-corrected chi connectivity index (χ1v) is 11.6. The van der Waals surface area contributed by atoms with Crippen molar-refractivity contribution in [2.45, 2.75) is 51.0 Å². The second kappa shape index (κ2) is 8.19. The number of ketones is 1. The van der Waals surface area contributed by atoms with Crippen molar-refractivity contribution in [3.05, 3.63) is 81.2 Å². The number of Topliss-reactive ketones (excluding diaryl/α,β-unsaturated/α-hetero) is 1. The largest absolute Gasteiger partial charge is 0.422 e. The smallest absolute Gasteiger partial charge is 0.336 e. The molecule has 0 aliphatic carbocycles. The van der Waals surface area contributed by atoms with Gasteiger partial charge in [0.25, 0.3) is 0 Å². The molecule has 0 spiro atoms. The van der Waals surface area contributed by atoms with E-state index < -0.39 is 20.2 Å². The number of carbonyl (C=O) groups excluding carboxylic acids is 1. The summed E-state index contributed by atoms with van der Waals surface area (Å²) in [5.41, 5.74) is 3.09. The zero-order chi connectivity index (χ0) is 22.1. The molecule has 0 saturated heterocycles. The van der Waals surface area contributed by atoms with Gasteiger partial charge in [-0.25, -0.2) is 13.2 Å². The lowest BCUT2D eigenvalue weighted by atomic mass is 9.98. The van der Waals surface area contributed by atoms with Gasteiger partial charge in [-0.1, -0.05) is 37.3 Å². The van der Waals surface area contributed by atoms with E-state index in [1.807, 2.05) is 19.1 Å². The topological polar surface area (TPSA) is 81.4 Å². The first kappa shape index (κ1) is 22.0. The summed E-state index contributed by atoms with van der Waals surface area (Å²) in [4.78, 5) is 24.3. The highest BCUT2D eigenvalue weighted by atomic mass is 32.2. The van der Waals surface area contributed by atoms with E-state index in [1.165, 1.54) is 6.07 Å². The summed E-state index contributed by atoms with van der Waals surface area (Å²) in [5.74, 6) is -0.111. The third-order valence-electron chi connectivity index (χ3n) is 5.17. The Bertz CT molecular complexity index is 1240. The van der Waals surface area contributed by atoms with Gasteiger partial charge in [-0.3, -0.25) is 4.79 Å². The molecule has 0 unspecified atom stereocenters. The summed E-state index contributed by atoms with van der Waals surface area (Å²) < 4.78 is 29.2. The van der Waals surface area contributed by atoms with Crippen molar-refractivity contribution in [2.24, 2.45) is 0 Å². The lowest BCUT2D eigenvalue weighted by Crippen LogP contribution is -2.29. The van der Waals surface area contributed by atoms with Gasteiger partial charge >= 0.3 is 5.63 Å². The van der Waals surface area contributed by atoms with Crippen LogP contribution < -0.4 is 5.63 Å². The summed E-state index contributed by atoms with van der Waals surface area (Å²) in [7, 11) is -3.28. The zero-order valence-electron chi connectivity index (χ0n) is 17.7. The highest BCUT2D eigenvalue weighted by Gasteiger charge is 2.28. The van der Waals surface area contributed by atoms with Crippen molar-refractivity contribution < 1.29 is 17.6 Å². The first-order valence-electron chi connectivity index (χ1n) is 9.90. The molecule has 2 aromatic carbocycles. The molecule has 3 rings (SSSR count). The molecule has 1 aromatic heterocycles. The molecule has 0 N–H and O–H groups in total. The van der Waals surface area contributed by atoms with Crippen LogP contribution in [0.4, 0.5) is 0 Å². The average Bonchev–Trinajstić information content (AvgIpc) is 2.67. The van der Waals surface area contributed by atoms with Crippen molar-refractivity contribution in [1.29, 1.82) is 0 Å². The summed E-state index contributed by atoms with van der Waals surface area (Å²) in [6.45, 7) is 7.01. The predicted octanol–water partition coefficient (Wildman–Crippen LogP) is 4.49. The number of benzene rings is 2. The zero-order valence-corrected chi connectivity index (χ0v) is 18.5. The fourth-order valence-corrected chi connectivity index (χ4v) is 4.26. The highest BCUT2D eigenvalue weighted by Crippen LogP contribution is 2.23. The van der Waals surface area contributed by atoms with Crippen LogP contribution >= 0.6 is 0 Å². The summed E-state index contributed by atoms with van der Waals surface area (Å²) in [6, 6.07) is 13.6. The van der Waals surface area contributed by atoms with Crippen LogP contribution in [0.1, 0.15) is 54.7 Å². The van der Waals surface area contributed by atoms with Gasteiger partial charge in [-0.2, -0.15) is 0 Å². The van der Waals surface area contributed by atoms with E-state index in [4.69, 9.17) is 4.42 Å². The van der Waals surface area contributed by atoms with Crippen LogP contribution in [0.25, 0.3) is 11.0 Å². The minimum Gasteiger partial charge on any atom is -0.422 e. The van der Waals surface area contributed by atoms with Gasteiger partial charge in [0, 0.05) is 23.4 Å². The normalized spacial score (nSPS) is 12.3. The second-order valence-electron chi connectivity index (χ2n) is 8.45. The Morgan fingerprint density at radius 3 is 2.23 bits per heavy atom. The Labute approximate surface area is 176 Å². The maximum Gasteiger partial charge on any atom is 0.336 e. The van der Waals surface area contributed by atoms with E-state index in [-0.39, 0.29) is 18.0 Å². The monoisotopic (exact) mass is 426 g/mol. The van der Waals surface area contributed by atoms with Gasteiger partial charge < -0.3 is 4.42 Å². The number of rotatable bonds is 6. The van der Waals surface area contributed by atoms with E-state index in [1.54, 1.807) is 51.1 Å². The Hall–Kier alpha value is -2.73. The van der Waals surface area contributed by atoms with E-state index in [0.29, 0.717) is 23.1 Å². The number of hydrogen-bond donors (Lipinski definition) is 0. The number of sulfone groups is 1. The first-order chi connectivity index (χ1) is 14.0. The Morgan fingerprint density at radius 2 is 1.63 bits per heavy atom. The fraction of sp³-hybridized carbons (Fsp3) is 0.333. The van der Waals surface area contributed by atoms with E-state index in [2.05, 4.69) is 0 Å². The van der Waals surface area contributed by atoms with Gasteiger partial charge in [0.2, 0.25) is 0 Å². The van der Waals surface area contributed by atoms with Crippen molar-refractivity contribution in [2.75, 3.05) is 0 Å². The summed E-state index contributed by atoms with van der Waals surface area (Å²) in [6.07, 6.45) is 0.893. The van der Waals surface area contributed by atoms with Crippen LogP contribution in [0, 0.1) is 0 Å². The average molecular weight is 427 g/mol. The van der Waals surface area contributed by atoms with Crippen molar-refractivity contribution in [3.8, 4) is 0 Å². The molecule has 6 heteroatoms. The molecule has 0 amide bonds. The highest BCUT2D eigenvalue weighted by molar-refractivity contribution is 7.91. The van der Waals surface area contributed by atoms with Crippen molar-refractivity contribution in [1.82, 2.24) is 0 Å².